The molecule has 2 aromatic rings. The number of nitrogens with one attached hydrogen (secondary N) is 3. The third-order valence-corrected chi connectivity index (χ3v) is 6.85. The fourth-order valence-electron chi connectivity index (χ4n) is 4.06. The Balaban J connectivity index is 2.18. The Morgan fingerprint density at radius 3 is 1.93 bits per heavy atom. The second kappa shape index (κ2) is 16.5. The third-order valence-electron chi connectivity index (χ3n) is 6.21. The van der Waals surface area contributed by atoms with E-state index in [1.807, 2.05) is 50.4 Å². The highest BCUT2D eigenvalue weighted by Crippen LogP contribution is 2.12. The van der Waals surface area contributed by atoms with E-state index < -0.39 is 47.9 Å². The standard InChI is InChI=1S/C29H40N4O6S/c1-18(2)15-24(32-26(35)22(30)16-20-9-11-21(34)12-10-20)27(36)33-25(17-19-7-5-4-6-8-19)28(37)31-23(29(38)39)13-14-40-3/h4-12,18,22-25,34H,13-17,30H2,1-3H3,(H,31,37)(H,32,35)(H,33,36)(H,38,39). The average molecular weight is 573 g/mol. The van der Waals surface area contributed by atoms with Crippen LogP contribution in [0.5, 0.6) is 5.75 Å². The van der Waals surface area contributed by atoms with E-state index in [1.165, 1.54) is 23.9 Å². The molecule has 0 bridgehead atoms. The van der Waals surface area contributed by atoms with Crippen LogP contribution in [0.4, 0.5) is 0 Å². The molecule has 3 amide bonds. The molecule has 218 valence electrons. The number of carboxylic acid groups (broad SMARTS) is 1. The first-order valence-electron chi connectivity index (χ1n) is 13.2. The number of nitrogens with two attached hydrogens (primary N) is 1. The number of benzene rings is 2. The van der Waals surface area contributed by atoms with Gasteiger partial charge in [0.2, 0.25) is 17.7 Å². The summed E-state index contributed by atoms with van der Waals surface area (Å²) < 4.78 is 0. The number of carbonyl (C=O) groups excluding carboxylic acids is 3. The zero-order valence-corrected chi connectivity index (χ0v) is 23.9. The van der Waals surface area contributed by atoms with Crippen molar-refractivity contribution >= 4 is 35.5 Å². The summed E-state index contributed by atoms with van der Waals surface area (Å²) in [5, 5.41) is 27.1. The van der Waals surface area contributed by atoms with Gasteiger partial charge in [-0.05, 0) is 60.4 Å². The highest BCUT2D eigenvalue weighted by atomic mass is 32.2. The number of amides is 3. The van der Waals surface area contributed by atoms with E-state index in [1.54, 1.807) is 12.1 Å². The molecule has 40 heavy (non-hydrogen) atoms. The maximum Gasteiger partial charge on any atom is 0.326 e. The molecule has 0 heterocycles. The van der Waals surface area contributed by atoms with Crippen molar-refractivity contribution < 1.29 is 29.4 Å². The molecule has 10 nitrogen and oxygen atoms in total. The van der Waals surface area contributed by atoms with Gasteiger partial charge >= 0.3 is 5.97 Å². The molecule has 0 fully saturated rings. The summed E-state index contributed by atoms with van der Waals surface area (Å²) >= 11 is 1.47. The Morgan fingerprint density at radius 1 is 0.800 bits per heavy atom. The van der Waals surface area contributed by atoms with Crippen molar-refractivity contribution in [2.24, 2.45) is 11.7 Å². The van der Waals surface area contributed by atoms with Gasteiger partial charge in [-0.1, -0.05) is 56.3 Å². The van der Waals surface area contributed by atoms with E-state index in [4.69, 9.17) is 5.73 Å². The van der Waals surface area contributed by atoms with Gasteiger partial charge in [0.15, 0.2) is 0 Å². The lowest BCUT2D eigenvalue weighted by Crippen LogP contribution is -2.58. The molecule has 2 rings (SSSR count). The van der Waals surface area contributed by atoms with Crippen molar-refractivity contribution in [1.29, 1.82) is 0 Å². The molecule has 7 N–H and O–H groups in total. The number of carboxylic acids is 1. The second-order valence-electron chi connectivity index (χ2n) is 10.1. The third kappa shape index (κ3) is 11.3. The van der Waals surface area contributed by atoms with Crippen LogP contribution in [0.25, 0.3) is 0 Å². The molecule has 0 aliphatic carbocycles. The van der Waals surface area contributed by atoms with Crippen LogP contribution in [0.1, 0.15) is 37.8 Å². The van der Waals surface area contributed by atoms with E-state index in [0.717, 1.165) is 11.1 Å². The first-order chi connectivity index (χ1) is 19.0. The minimum Gasteiger partial charge on any atom is -0.508 e. The number of phenols is 1. The normalized spacial score (nSPS) is 14.0. The molecule has 0 saturated heterocycles. The molecule has 4 unspecified atom stereocenters. The summed E-state index contributed by atoms with van der Waals surface area (Å²) in [6.07, 6.45) is 2.72. The van der Waals surface area contributed by atoms with Crippen molar-refractivity contribution in [3.63, 3.8) is 0 Å². The molecular weight excluding hydrogens is 532 g/mol. The van der Waals surface area contributed by atoms with Gasteiger partial charge in [-0.3, -0.25) is 14.4 Å². The van der Waals surface area contributed by atoms with Gasteiger partial charge in [-0.2, -0.15) is 11.8 Å². The van der Waals surface area contributed by atoms with Crippen LogP contribution >= 0.6 is 11.8 Å². The smallest absolute Gasteiger partial charge is 0.326 e. The van der Waals surface area contributed by atoms with Crippen LogP contribution in [0.15, 0.2) is 54.6 Å². The number of aliphatic carboxylic acids is 1. The molecule has 2 aromatic carbocycles. The first kappa shape index (κ1) is 32.6. The molecule has 4 atom stereocenters. The lowest BCUT2D eigenvalue weighted by atomic mass is 10.00. The van der Waals surface area contributed by atoms with Crippen molar-refractivity contribution in [3.05, 3.63) is 65.7 Å². The minimum absolute atomic E-state index is 0.0358. The summed E-state index contributed by atoms with van der Waals surface area (Å²) in [4.78, 5) is 51.3. The fraction of sp³-hybridized carbons (Fsp3) is 0.448. The second-order valence-corrected chi connectivity index (χ2v) is 11.1. The van der Waals surface area contributed by atoms with Gasteiger partial charge in [-0.25, -0.2) is 4.79 Å². The Labute approximate surface area is 239 Å². The van der Waals surface area contributed by atoms with Crippen LogP contribution in [-0.4, -0.2) is 70.1 Å². The Kier molecular flexibility index (Phi) is 13.5. The highest BCUT2D eigenvalue weighted by molar-refractivity contribution is 7.98. The number of aromatic hydroxyl groups is 1. The molecule has 0 spiro atoms. The van der Waals surface area contributed by atoms with Crippen molar-refractivity contribution in [2.45, 2.75) is 63.7 Å². The molecule has 0 radical (unpaired) electrons. The van der Waals surface area contributed by atoms with Gasteiger partial charge in [0.05, 0.1) is 6.04 Å². The summed E-state index contributed by atoms with van der Waals surface area (Å²) in [6.45, 7) is 3.81. The molecule has 0 aliphatic rings. The predicted octanol–water partition coefficient (Wildman–Crippen LogP) is 1.84. The summed E-state index contributed by atoms with van der Waals surface area (Å²) in [5.74, 6) is -2.19. The van der Waals surface area contributed by atoms with E-state index in [-0.39, 0.29) is 30.9 Å². The molecule has 11 heteroatoms. The van der Waals surface area contributed by atoms with Crippen LogP contribution in [0.2, 0.25) is 0 Å². The molecule has 0 aromatic heterocycles. The van der Waals surface area contributed by atoms with Crippen LogP contribution < -0.4 is 21.7 Å². The van der Waals surface area contributed by atoms with Crippen molar-refractivity contribution in [1.82, 2.24) is 16.0 Å². The lowest BCUT2D eigenvalue weighted by Gasteiger charge is -2.26. The van der Waals surface area contributed by atoms with Gasteiger partial charge in [-0.15, -0.1) is 0 Å². The predicted molar refractivity (Wildman–Crippen MR) is 156 cm³/mol. The Bertz CT molecular complexity index is 1110. The van der Waals surface area contributed by atoms with Crippen LogP contribution in [0, 0.1) is 5.92 Å². The minimum atomic E-state index is -1.15. The van der Waals surface area contributed by atoms with Crippen LogP contribution in [0.3, 0.4) is 0 Å². The number of hydrogen-bond acceptors (Lipinski definition) is 7. The number of rotatable bonds is 16. The first-order valence-corrected chi connectivity index (χ1v) is 14.6. The Morgan fingerprint density at radius 2 is 1.35 bits per heavy atom. The van der Waals surface area contributed by atoms with E-state index in [9.17, 15) is 29.4 Å². The van der Waals surface area contributed by atoms with E-state index in [0.29, 0.717) is 12.2 Å². The maximum atomic E-state index is 13.4. The van der Waals surface area contributed by atoms with Gasteiger partial charge in [0, 0.05) is 6.42 Å². The monoisotopic (exact) mass is 572 g/mol. The summed E-state index contributed by atoms with van der Waals surface area (Å²) in [6, 6.07) is 11.3. The zero-order valence-electron chi connectivity index (χ0n) is 23.1. The summed E-state index contributed by atoms with van der Waals surface area (Å²) in [5.41, 5.74) is 7.64. The highest BCUT2D eigenvalue weighted by Gasteiger charge is 2.31. The van der Waals surface area contributed by atoms with Gasteiger partial charge in [0.1, 0.15) is 23.9 Å². The van der Waals surface area contributed by atoms with E-state index >= 15 is 0 Å². The van der Waals surface area contributed by atoms with Crippen LogP contribution in [-0.2, 0) is 32.0 Å². The molecular formula is C29H40N4O6S. The van der Waals surface area contributed by atoms with Crippen molar-refractivity contribution in [3.8, 4) is 5.75 Å². The van der Waals surface area contributed by atoms with E-state index in [2.05, 4.69) is 16.0 Å². The SMILES string of the molecule is CSCCC(NC(=O)C(Cc1ccccc1)NC(=O)C(CC(C)C)NC(=O)C(N)Cc1ccc(O)cc1)C(=O)O. The zero-order chi connectivity index (χ0) is 29.7. The topological polar surface area (TPSA) is 171 Å². The van der Waals surface area contributed by atoms with Gasteiger partial charge in [0.25, 0.3) is 0 Å². The maximum absolute atomic E-state index is 13.4. The quantitative estimate of drug-likeness (QED) is 0.177. The number of hydrogen-bond donors (Lipinski definition) is 6. The molecule has 0 saturated carbocycles. The number of phenolic OH excluding ortho intramolecular Hbond substituents is 1. The average Bonchev–Trinajstić information content (AvgIpc) is 2.91. The fourth-order valence-corrected chi connectivity index (χ4v) is 4.53. The van der Waals surface area contributed by atoms with Crippen molar-refractivity contribution in [2.75, 3.05) is 12.0 Å². The van der Waals surface area contributed by atoms with Gasteiger partial charge < -0.3 is 31.9 Å². The lowest BCUT2D eigenvalue weighted by molar-refractivity contribution is -0.142. The largest absolute Gasteiger partial charge is 0.508 e. The number of thioether (sulfide) groups is 1. The summed E-state index contributed by atoms with van der Waals surface area (Å²) in [7, 11) is 0. The Hall–Kier alpha value is -3.57. The number of carbonyl (C=O) groups is 4. The molecule has 0 aliphatic heterocycles.